The zero-order chi connectivity index (χ0) is 15.3. The molecule has 4 nitrogen and oxygen atoms in total. The summed E-state index contributed by atoms with van der Waals surface area (Å²) in [6.07, 6.45) is -4.53. The molecule has 1 atom stereocenters. The van der Waals surface area contributed by atoms with Crippen LogP contribution in [0.5, 0.6) is 0 Å². The van der Waals surface area contributed by atoms with Gasteiger partial charge in [-0.2, -0.15) is 13.2 Å². The van der Waals surface area contributed by atoms with Crippen LogP contribution in [0.2, 0.25) is 0 Å². The first-order valence-corrected chi connectivity index (χ1v) is 6.73. The predicted molar refractivity (Wildman–Crippen MR) is 70.8 cm³/mol. The lowest BCUT2D eigenvalue weighted by molar-refractivity contribution is -0.137. The minimum Gasteiger partial charge on any atom is -0.366 e. The number of ether oxygens (including phenoxy) is 1. The molecule has 0 aliphatic carbocycles. The van der Waals surface area contributed by atoms with Crippen LogP contribution in [0.3, 0.4) is 0 Å². The van der Waals surface area contributed by atoms with Gasteiger partial charge in [0.1, 0.15) is 6.10 Å². The maximum Gasteiger partial charge on any atom is 0.416 e. The number of carbonyl (C=O) groups is 1. The van der Waals surface area contributed by atoms with Crippen LogP contribution in [-0.2, 0) is 22.1 Å². The molecular formula is C14H17F3N2O2. The molecule has 0 aromatic heterocycles. The lowest BCUT2D eigenvalue weighted by Gasteiger charge is -2.22. The second-order valence-corrected chi connectivity index (χ2v) is 4.80. The van der Waals surface area contributed by atoms with Crippen LogP contribution in [0, 0.1) is 0 Å². The molecule has 1 aliphatic rings. The van der Waals surface area contributed by atoms with Crippen LogP contribution < -0.4 is 10.6 Å². The first-order chi connectivity index (χ1) is 9.97. The van der Waals surface area contributed by atoms with Gasteiger partial charge in [0.2, 0.25) is 5.91 Å². The zero-order valence-electron chi connectivity index (χ0n) is 11.4. The molecule has 21 heavy (non-hydrogen) atoms. The van der Waals surface area contributed by atoms with Crippen molar-refractivity contribution in [2.75, 3.05) is 26.2 Å². The minimum absolute atomic E-state index is 0.242. The molecule has 0 bridgehead atoms. The average Bonchev–Trinajstić information content (AvgIpc) is 2.47. The van der Waals surface area contributed by atoms with Gasteiger partial charge in [0.05, 0.1) is 12.2 Å². The van der Waals surface area contributed by atoms with Crippen molar-refractivity contribution >= 4 is 5.91 Å². The summed E-state index contributed by atoms with van der Waals surface area (Å²) in [5.41, 5.74) is -0.140. The molecular weight excluding hydrogens is 285 g/mol. The second kappa shape index (κ2) is 6.91. The predicted octanol–water partition coefficient (Wildman–Crippen LogP) is 1.35. The quantitative estimate of drug-likeness (QED) is 0.883. The zero-order valence-corrected chi connectivity index (χ0v) is 11.4. The number of alkyl halides is 3. The Bertz CT molecular complexity index is 485. The summed E-state index contributed by atoms with van der Waals surface area (Å²) in [4.78, 5) is 11.8. The maximum atomic E-state index is 12.6. The topological polar surface area (TPSA) is 50.4 Å². The average molecular weight is 302 g/mol. The summed E-state index contributed by atoms with van der Waals surface area (Å²) in [7, 11) is 0. The third-order valence-corrected chi connectivity index (χ3v) is 3.19. The number of morpholine rings is 1. The molecule has 0 saturated carbocycles. The van der Waals surface area contributed by atoms with Crippen LogP contribution in [-0.4, -0.2) is 38.3 Å². The van der Waals surface area contributed by atoms with E-state index in [0.717, 1.165) is 12.1 Å². The molecule has 1 unspecified atom stereocenters. The highest BCUT2D eigenvalue weighted by Crippen LogP contribution is 2.29. The number of benzene rings is 1. The molecule has 1 heterocycles. The summed E-state index contributed by atoms with van der Waals surface area (Å²) in [5.74, 6) is -0.242. The fourth-order valence-electron chi connectivity index (χ4n) is 2.08. The van der Waals surface area contributed by atoms with E-state index >= 15 is 0 Å². The Morgan fingerprint density at radius 1 is 1.43 bits per heavy atom. The van der Waals surface area contributed by atoms with Crippen molar-refractivity contribution in [3.63, 3.8) is 0 Å². The van der Waals surface area contributed by atoms with Crippen LogP contribution >= 0.6 is 0 Å². The van der Waals surface area contributed by atoms with Crippen LogP contribution in [0.25, 0.3) is 0 Å². The van der Waals surface area contributed by atoms with Crippen LogP contribution in [0.4, 0.5) is 13.2 Å². The number of amides is 1. The van der Waals surface area contributed by atoms with E-state index in [1.165, 1.54) is 6.07 Å². The van der Waals surface area contributed by atoms with Crippen molar-refractivity contribution in [2.24, 2.45) is 0 Å². The highest BCUT2D eigenvalue weighted by molar-refractivity contribution is 5.81. The molecule has 1 saturated heterocycles. The summed E-state index contributed by atoms with van der Waals surface area (Å²) in [6, 6.07) is 5.11. The van der Waals surface area contributed by atoms with Gasteiger partial charge < -0.3 is 15.4 Å². The smallest absolute Gasteiger partial charge is 0.366 e. The van der Waals surface area contributed by atoms with E-state index in [9.17, 15) is 18.0 Å². The number of hydrogen-bond donors (Lipinski definition) is 2. The van der Waals surface area contributed by atoms with Crippen molar-refractivity contribution in [1.29, 1.82) is 0 Å². The largest absolute Gasteiger partial charge is 0.416 e. The van der Waals surface area contributed by atoms with Crippen LogP contribution in [0.15, 0.2) is 24.3 Å². The molecule has 2 N–H and O–H groups in total. The molecule has 1 aromatic carbocycles. The number of halogens is 3. The van der Waals surface area contributed by atoms with Gasteiger partial charge in [-0.25, -0.2) is 0 Å². The van der Waals surface area contributed by atoms with E-state index in [4.69, 9.17) is 4.74 Å². The fraction of sp³-hybridized carbons (Fsp3) is 0.500. The summed E-state index contributed by atoms with van der Waals surface area (Å²) in [6.45, 7) is 1.93. The monoisotopic (exact) mass is 302 g/mol. The molecule has 1 fully saturated rings. The molecule has 1 aliphatic heterocycles. The number of carbonyl (C=O) groups excluding carboxylic acids is 1. The Morgan fingerprint density at radius 3 is 2.90 bits per heavy atom. The van der Waals surface area contributed by atoms with Gasteiger partial charge >= 0.3 is 6.18 Å². The van der Waals surface area contributed by atoms with Gasteiger partial charge in [0.15, 0.2) is 0 Å². The number of nitrogens with one attached hydrogen (secondary N) is 2. The Kier molecular flexibility index (Phi) is 5.19. The van der Waals surface area contributed by atoms with Crippen molar-refractivity contribution in [3.05, 3.63) is 35.4 Å². The van der Waals surface area contributed by atoms with Gasteiger partial charge in [0, 0.05) is 19.6 Å². The van der Waals surface area contributed by atoms with Gasteiger partial charge in [-0.3, -0.25) is 4.79 Å². The number of hydrogen-bond acceptors (Lipinski definition) is 3. The van der Waals surface area contributed by atoms with Gasteiger partial charge in [-0.15, -0.1) is 0 Å². The summed E-state index contributed by atoms with van der Waals surface area (Å²) >= 11 is 0. The lowest BCUT2D eigenvalue weighted by atomic mass is 10.1. The summed E-state index contributed by atoms with van der Waals surface area (Å²) in [5, 5.41) is 5.71. The van der Waals surface area contributed by atoms with E-state index in [1.807, 2.05) is 0 Å². The normalized spacial score (nSPS) is 19.3. The Morgan fingerprint density at radius 2 is 2.24 bits per heavy atom. The second-order valence-electron chi connectivity index (χ2n) is 4.80. The highest BCUT2D eigenvalue weighted by atomic mass is 19.4. The molecule has 0 spiro atoms. The third kappa shape index (κ3) is 4.71. The van der Waals surface area contributed by atoms with E-state index < -0.39 is 17.8 Å². The first kappa shape index (κ1) is 15.8. The molecule has 2 rings (SSSR count). The standard InChI is InChI=1S/C14H17F3N2O2/c15-14(16,17)11-3-1-2-10(8-11)4-5-19-13(20)12-9-18-6-7-21-12/h1-3,8,12,18H,4-7,9H2,(H,19,20). The molecule has 1 amide bonds. The van der Waals surface area contributed by atoms with E-state index in [-0.39, 0.29) is 12.5 Å². The first-order valence-electron chi connectivity index (χ1n) is 6.73. The Balaban J connectivity index is 1.82. The van der Waals surface area contributed by atoms with Gasteiger partial charge in [0.25, 0.3) is 0 Å². The van der Waals surface area contributed by atoms with Gasteiger partial charge in [-0.05, 0) is 18.1 Å². The van der Waals surface area contributed by atoms with E-state index in [1.54, 1.807) is 6.07 Å². The molecule has 116 valence electrons. The Labute approximate surface area is 120 Å². The molecule has 1 aromatic rings. The van der Waals surface area contributed by atoms with Crippen molar-refractivity contribution < 1.29 is 22.7 Å². The van der Waals surface area contributed by atoms with Crippen LogP contribution in [0.1, 0.15) is 11.1 Å². The number of rotatable bonds is 4. The third-order valence-electron chi connectivity index (χ3n) is 3.19. The van der Waals surface area contributed by atoms with Crippen molar-refractivity contribution in [2.45, 2.75) is 18.7 Å². The van der Waals surface area contributed by atoms with E-state index in [2.05, 4.69) is 10.6 Å². The maximum absolute atomic E-state index is 12.6. The molecule has 0 radical (unpaired) electrons. The summed E-state index contributed by atoms with van der Waals surface area (Å²) < 4.78 is 43.0. The fourth-order valence-corrected chi connectivity index (χ4v) is 2.08. The Hall–Kier alpha value is -1.60. The van der Waals surface area contributed by atoms with Gasteiger partial charge in [-0.1, -0.05) is 18.2 Å². The molecule has 7 heteroatoms. The minimum atomic E-state index is -4.35. The van der Waals surface area contributed by atoms with E-state index in [0.29, 0.717) is 31.7 Å². The lowest BCUT2D eigenvalue weighted by Crippen LogP contribution is -2.48. The highest BCUT2D eigenvalue weighted by Gasteiger charge is 2.30. The van der Waals surface area contributed by atoms with Crippen molar-refractivity contribution in [1.82, 2.24) is 10.6 Å². The SMILES string of the molecule is O=C(NCCc1cccc(C(F)(F)F)c1)C1CNCCO1. The van der Waals surface area contributed by atoms with Crippen molar-refractivity contribution in [3.8, 4) is 0 Å².